The summed E-state index contributed by atoms with van der Waals surface area (Å²) in [4.78, 5) is 36.9. The predicted octanol–water partition coefficient (Wildman–Crippen LogP) is 6.26. The normalized spacial score (nSPS) is 15.3. The van der Waals surface area contributed by atoms with Gasteiger partial charge in [-0.05, 0) is 67.1 Å². The van der Waals surface area contributed by atoms with Gasteiger partial charge < -0.3 is 4.57 Å². The molecule has 11 heteroatoms. The van der Waals surface area contributed by atoms with E-state index < -0.39 is 27.8 Å². The Hall–Kier alpha value is -3.86. The number of amides is 2. The molecule has 0 radical (unpaired) electrons. The number of benzene rings is 2. The topological polar surface area (TPSA) is 85.5 Å². The summed E-state index contributed by atoms with van der Waals surface area (Å²) in [6.07, 6.45) is -2.93. The predicted molar refractivity (Wildman–Crippen MR) is 125 cm³/mol. The van der Waals surface area contributed by atoms with Gasteiger partial charge in [-0.25, -0.2) is 0 Å². The van der Waals surface area contributed by atoms with Crippen LogP contribution >= 0.6 is 11.8 Å². The van der Waals surface area contributed by atoms with Crippen molar-refractivity contribution in [2.45, 2.75) is 26.6 Å². The lowest BCUT2D eigenvalue weighted by atomic mass is 10.2. The lowest BCUT2D eigenvalue weighted by Gasteiger charge is -2.13. The fourth-order valence-corrected chi connectivity index (χ4v) is 4.66. The summed E-state index contributed by atoms with van der Waals surface area (Å²) in [7, 11) is 0. The number of imide groups is 1. The lowest BCUT2D eigenvalue weighted by Crippen LogP contribution is -2.27. The van der Waals surface area contributed by atoms with Crippen LogP contribution in [0.25, 0.3) is 11.8 Å². The first kappa shape index (κ1) is 24.3. The second kappa shape index (κ2) is 9.06. The molecule has 0 unspecified atom stereocenters. The zero-order chi connectivity index (χ0) is 25.5. The molecular formula is C24H18F3N3O4S. The van der Waals surface area contributed by atoms with E-state index in [1.54, 1.807) is 36.6 Å². The van der Waals surface area contributed by atoms with Crippen LogP contribution in [0.4, 0.5) is 23.7 Å². The van der Waals surface area contributed by atoms with Crippen molar-refractivity contribution in [1.82, 2.24) is 9.47 Å². The van der Waals surface area contributed by atoms with Gasteiger partial charge in [-0.15, -0.1) is 0 Å². The number of alkyl halides is 3. The number of rotatable bonds is 5. The number of nitrogens with zero attached hydrogens (tertiary/aromatic N) is 3. The molecule has 1 aromatic heterocycles. The number of aromatic nitrogens is 1. The van der Waals surface area contributed by atoms with E-state index in [1.807, 2.05) is 0 Å². The highest BCUT2D eigenvalue weighted by atomic mass is 32.2. The van der Waals surface area contributed by atoms with Crippen LogP contribution in [0.5, 0.6) is 0 Å². The third-order valence-corrected chi connectivity index (χ3v) is 6.46. The van der Waals surface area contributed by atoms with Crippen LogP contribution in [0.1, 0.15) is 28.1 Å². The van der Waals surface area contributed by atoms with Gasteiger partial charge in [0.25, 0.3) is 16.8 Å². The Kier molecular flexibility index (Phi) is 6.28. The van der Waals surface area contributed by atoms with Crippen LogP contribution in [-0.2, 0) is 17.5 Å². The number of halogens is 3. The molecule has 1 fully saturated rings. The summed E-state index contributed by atoms with van der Waals surface area (Å²) in [5.41, 5.74) is 1.90. The first-order chi connectivity index (χ1) is 16.5. The first-order valence-corrected chi connectivity index (χ1v) is 11.1. The summed E-state index contributed by atoms with van der Waals surface area (Å²) in [5.74, 6) is -0.512. The molecule has 180 valence electrons. The molecule has 1 aliphatic rings. The number of carbonyl (C=O) groups excluding carboxylic acids is 2. The van der Waals surface area contributed by atoms with Crippen molar-refractivity contribution < 1.29 is 27.7 Å². The largest absolute Gasteiger partial charge is 0.416 e. The molecule has 1 aliphatic heterocycles. The van der Waals surface area contributed by atoms with E-state index >= 15 is 0 Å². The van der Waals surface area contributed by atoms with Crippen molar-refractivity contribution in [3.05, 3.63) is 97.7 Å². The van der Waals surface area contributed by atoms with Crippen molar-refractivity contribution in [3.63, 3.8) is 0 Å². The molecule has 0 bridgehead atoms. The standard InChI is InChI=1S/C24H18F3N3O4S/c1-14-10-17(15(2)29(14)20-5-3-4-18(12-20)24(25,26)27)11-21-22(31)28(23(32)35-21)13-16-6-8-19(9-7-16)30(33)34/h3-12H,13H2,1-2H3/b21-11-. The number of thioether (sulfide) groups is 1. The van der Waals surface area contributed by atoms with Crippen LogP contribution in [0.3, 0.4) is 0 Å². The lowest BCUT2D eigenvalue weighted by molar-refractivity contribution is -0.384. The molecule has 0 atom stereocenters. The summed E-state index contributed by atoms with van der Waals surface area (Å²) in [6, 6.07) is 12.2. The van der Waals surface area contributed by atoms with E-state index in [-0.39, 0.29) is 17.1 Å². The van der Waals surface area contributed by atoms with E-state index in [2.05, 4.69) is 0 Å². The molecule has 4 rings (SSSR count). The molecule has 0 N–H and O–H groups in total. The Morgan fingerprint density at radius 2 is 1.74 bits per heavy atom. The maximum Gasteiger partial charge on any atom is 0.416 e. The van der Waals surface area contributed by atoms with Gasteiger partial charge in [0.2, 0.25) is 0 Å². The van der Waals surface area contributed by atoms with Gasteiger partial charge in [-0.1, -0.05) is 18.2 Å². The number of carbonyl (C=O) groups is 2. The van der Waals surface area contributed by atoms with Crippen molar-refractivity contribution in [1.29, 1.82) is 0 Å². The molecule has 35 heavy (non-hydrogen) atoms. The number of aryl methyl sites for hydroxylation is 1. The number of non-ortho nitro benzene ring substituents is 1. The highest BCUT2D eigenvalue weighted by molar-refractivity contribution is 8.18. The van der Waals surface area contributed by atoms with Crippen LogP contribution in [0, 0.1) is 24.0 Å². The van der Waals surface area contributed by atoms with Crippen molar-refractivity contribution in [3.8, 4) is 5.69 Å². The summed E-state index contributed by atoms with van der Waals surface area (Å²) < 4.78 is 41.1. The number of nitro benzene ring substituents is 1. The molecule has 0 spiro atoms. The molecule has 0 aliphatic carbocycles. The van der Waals surface area contributed by atoms with Gasteiger partial charge in [0.05, 0.1) is 21.9 Å². The Morgan fingerprint density at radius 3 is 2.37 bits per heavy atom. The number of hydrogen-bond donors (Lipinski definition) is 0. The molecular weight excluding hydrogens is 483 g/mol. The maximum absolute atomic E-state index is 13.2. The minimum absolute atomic E-state index is 0.0384. The van der Waals surface area contributed by atoms with Gasteiger partial charge >= 0.3 is 6.18 Å². The zero-order valence-electron chi connectivity index (χ0n) is 18.5. The first-order valence-electron chi connectivity index (χ1n) is 10.3. The summed E-state index contributed by atoms with van der Waals surface area (Å²) >= 11 is 0.762. The fourth-order valence-electron chi connectivity index (χ4n) is 3.84. The van der Waals surface area contributed by atoms with Crippen LogP contribution in [0.15, 0.2) is 59.5 Å². The van der Waals surface area contributed by atoms with E-state index in [0.29, 0.717) is 28.2 Å². The van der Waals surface area contributed by atoms with Gasteiger partial charge in [0.15, 0.2) is 0 Å². The molecule has 0 saturated carbocycles. The monoisotopic (exact) mass is 501 g/mol. The Balaban J connectivity index is 1.60. The van der Waals surface area contributed by atoms with Crippen molar-refractivity contribution in [2.24, 2.45) is 0 Å². The highest BCUT2D eigenvalue weighted by Gasteiger charge is 2.35. The second-order valence-electron chi connectivity index (χ2n) is 7.90. The molecule has 2 aromatic carbocycles. The van der Waals surface area contributed by atoms with Gasteiger partial charge in [0.1, 0.15) is 0 Å². The van der Waals surface area contributed by atoms with E-state index in [0.717, 1.165) is 28.8 Å². The smallest absolute Gasteiger partial charge is 0.318 e. The Labute approximate surface area is 202 Å². The number of nitro groups is 1. The molecule has 2 heterocycles. The molecule has 2 amide bonds. The van der Waals surface area contributed by atoms with Crippen LogP contribution in [-0.4, -0.2) is 25.5 Å². The van der Waals surface area contributed by atoms with Gasteiger partial charge in [0, 0.05) is 29.2 Å². The second-order valence-corrected chi connectivity index (χ2v) is 8.89. The van der Waals surface area contributed by atoms with Crippen LogP contribution in [0.2, 0.25) is 0 Å². The van der Waals surface area contributed by atoms with E-state index in [4.69, 9.17) is 0 Å². The van der Waals surface area contributed by atoms with Gasteiger partial charge in [-0.3, -0.25) is 24.6 Å². The van der Waals surface area contributed by atoms with Crippen molar-refractivity contribution in [2.75, 3.05) is 0 Å². The van der Waals surface area contributed by atoms with Crippen LogP contribution < -0.4 is 0 Å². The third-order valence-electron chi connectivity index (χ3n) is 5.55. The minimum Gasteiger partial charge on any atom is -0.318 e. The number of hydrogen-bond acceptors (Lipinski definition) is 5. The Morgan fingerprint density at radius 1 is 1.06 bits per heavy atom. The quantitative estimate of drug-likeness (QED) is 0.234. The maximum atomic E-state index is 13.2. The third kappa shape index (κ3) is 4.85. The van der Waals surface area contributed by atoms with Gasteiger partial charge in [-0.2, -0.15) is 13.2 Å². The van der Waals surface area contributed by atoms with Crippen molar-refractivity contribution >= 4 is 34.7 Å². The molecule has 7 nitrogen and oxygen atoms in total. The summed E-state index contributed by atoms with van der Waals surface area (Å²) in [5, 5.41) is 10.3. The highest BCUT2D eigenvalue weighted by Crippen LogP contribution is 2.35. The van der Waals surface area contributed by atoms with E-state index in [1.165, 1.54) is 30.3 Å². The molecule has 3 aromatic rings. The van der Waals surface area contributed by atoms with E-state index in [9.17, 15) is 32.9 Å². The summed E-state index contributed by atoms with van der Waals surface area (Å²) in [6.45, 7) is 3.42. The molecule has 1 saturated heterocycles. The SMILES string of the molecule is Cc1cc(/C=C2\SC(=O)N(Cc3ccc([N+](=O)[O-])cc3)C2=O)c(C)n1-c1cccc(C(F)(F)F)c1. The minimum atomic E-state index is -4.48. The zero-order valence-corrected chi connectivity index (χ0v) is 19.3. The average molecular weight is 501 g/mol. The Bertz CT molecular complexity index is 1380. The average Bonchev–Trinajstić information content (AvgIpc) is 3.22. The fraction of sp³-hybridized carbons (Fsp3) is 0.167.